The third-order valence-corrected chi connectivity index (χ3v) is 3.17. The second-order valence-corrected chi connectivity index (χ2v) is 4.52. The molecule has 2 aromatic carbocycles. The first-order valence-electron chi connectivity index (χ1n) is 5.90. The molecule has 1 unspecified atom stereocenters. The van der Waals surface area contributed by atoms with Crippen LogP contribution in [0, 0.1) is 0 Å². The largest absolute Gasteiger partial charge is 0.456 e. The predicted octanol–water partition coefficient (Wildman–Crippen LogP) is 4.41. The van der Waals surface area contributed by atoms with Gasteiger partial charge in [-0.25, -0.2) is 0 Å². The van der Waals surface area contributed by atoms with Crippen LogP contribution in [0.1, 0.15) is 18.5 Å². The zero-order valence-electron chi connectivity index (χ0n) is 10.5. The molecule has 0 spiro atoms. The van der Waals surface area contributed by atoms with E-state index in [1.807, 2.05) is 49.5 Å². The molecule has 0 aromatic heterocycles. The van der Waals surface area contributed by atoms with Crippen molar-refractivity contribution in [2.24, 2.45) is 0 Å². The lowest BCUT2D eigenvalue weighted by molar-refractivity contribution is 0.481. The zero-order chi connectivity index (χ0) is 13.0. The van der Waals surface area contributed by atoms with Gasteiger partial charge in [0.25, 0.3) is 0 Å². The summed E-state index contributed by atoms with van der Waals surface area (Å²) < 4.78 is 5.78. The van der Waals surface area contributed by atoms with E-state index in [2.05, 4.69) is 18.3 Å². The van der Waals surface area contributed by atoms with E-state index in [0.29, 0.717) is 16.8 Å². The first-order valence-corrected chi connectivity index (χ1v) is 6.28. The SMILES string of the molecule is CNC(C)c1cccc(Oc2ccccc2Cl)c1. The lowest BCUT2D eigenvalue weighted by Crippen LogP contribution is -2.11. The molecule has 0 aliphatic rings. The van der Waals surface area contributed by atoms with E-state index >= 15 is 0 Å². The third kappa shape index (κ3) is 3.03. The van der Waals surface area contributed by atoms with Crippen molar-refractivity contribution >= 4 is 11.6 Å². The van der Waals surface area contributed by atoms with Gasteiger partial charge in [0.15, 0.2) is 0 Å². The fourth-order valence-electron chi connectivity index (χ4n) is 1.67. The van der Waals surface area contributed by atoms with Gasteiger partial charge in [-0.3, -0.25) is 0 Å². The smallest absolute Gasteiger partial charge is 0.146 e. The highest BCUT2D eigenvalue weighted by molar-refractivity contribution is 6.32. The van der Waals surface area contributed by atoms with Crippen molar-refractivity contribution in [3.63, 3.8) is 0 Å². The Morgan fingerprint density at radius 2 is 1.89 bits per heavy atom. The first-order chi connectivity index (χ1) is 8.70. The molecule has 0 radical (unpaired) electrons. The molecule has 0 amide bonds. The molecule has 0 saturated heterocycles. The molecule has 0 bridgehead atoms. The van der Waals surface area contributed by atoms with Gasteiger partial charge in [-0.2, -0.15) is 0 Å². The molecule has 18 heavy (non-hydrogen) atoms. The lowest BCUT2D eigenvalue weighted by atomic mass is 10.1. The van der Waals surface area contributed by atoms with E-state index in [1.54, 1.807) is 0 Å². The number of ether oxygens (including phenoxy) is 1. The van der Waals surface area contributed by atoms with Crippen molar-refractivity contribution in [1.82, 2.24) is 5.32 Å². The van der Waals surface area contributed by atoms with Gasteiger partial charge in [0, 0.05) is 6.04 Å². The summed E-state index contributed by atoms with van der Waals surface area (Å²) in [5.74, 6) is 1.47. The Labute approximate surface area is 113 Å². The maximum atomic E-state index is 6.07. The molecule has 2 nitrogen and oxygen atoms in total. The van der Waals surface area contributed by atoms with E-state index in [9.17, 15) is 0 Å². The van der Waals surface area contributed by atoms with Crippen molar-refractivity contribution in [2.75, 3.05) is 7.05 Å². The summed E-state index contributed by atoms with van der Waals surface area (Å²) in [7, 11) is 1.94. The highest BCUT2D eigenvalue weighted by Crippen LogP contribution is 2.29. The summed E-state index contributed by atoms with van der Waals surface area (Å²) in [5, 5.41) is 3.82. The highest BCUT2D eigenvalue weighted by Gasteiger charge is 2.05. The van der Waals surface area contributed by atoms with Gasteiger partial charge in [-0.15, -0.1) is 0 Å². The minimum atomic E-state index is 0.291. The van der Waals surface area contributed by atoms with Gasteiger partial charge in [-0.05, 0) is 43.8 Å². The van der Waals surface area contributed by atoms with E-state index < -0.39 is 0 Å². The Balaban J connectivity index is 2.22. The van der Waals surface area contributed by atoms with Gasteiger partial charge < -0.3 is 10.1 Å². The minimum Gasteiger partial charge on any atom is -0.456 e. The fourth-order valence-corrected chi connectivity index (χ4v) is 1.84. The van der Waals surface area contributed by atoms with Gasteiger partial charge in [0.05, 0.1) is 5.02 Å². The summed E-state index contributed by atoms with van der Waals surface area (Å²) in [6.07, 6.45) is 0. The van der Waals surface area contributed by atoms with Gasteiger partial charge in [0.1, 0.15) is 11.5 Å². The van der Waals surface area contributed by atoms with Crippen LogP contribution in [-0.4, -0.2) is 7.05 Å². The van der Waals surface area contributed by atoms with Crippen LogP contribution in [0.3, 0.4) is 0 Å². The van der Waals surface area contributed by atoms with Crippen molar-refractivity contribution < 1.29 is 4.74 Å². The molecule has 1 N–H and O–H groups in total. The molecule has 2 rings (SSSR count). The van der Waals surface area contributed by atoms with E-state index in [-0.39, 0.29) is 0 Å². The highest BCUT2D eigenvalue weighted by atomic mass is 35.5. The van der Waals surface area contributed by atoms with Crippen LogP contribution in [0.25, 0.3) is 0 Å². The number of hydrogen-bond donors (Lipinski definition) is 1. The molecular weight excluding hydrogens is 246 g/mol. The molecule has 0 saturated carbocycles. The average molecular weight is 262 g/mol. The van der Waals surface area contributed by atoms with Gasteiger partial charge >= 0.3 is 0 Å². The molecular formula is C15H16ClNO. The molecule has 0 fully saturated rings. The van der Waals surface area contributed by atoms with Gasteiger partial charge in [0.2, 0.25) is 0 Å². The Bertz CT molecular complexity index is 527. The van der Waals surface area contributed by atoms with Crippen LogP contribution in [0.2, 0.25) is 5.02 Å². The second kappa shape index (κ2) is 5.89. The van der Waals surface area contributed by atoms with Crippen LogP contribution < -0.4 is 10.1 Å². The summed E-state index contributed by atoms with van der Waals surface area (Å²) in [6, 6.07) is 15.7. The Morgan fingerprint density at radius 1 is 1.11 bits per heavy atom. The number of rotatable bonds is 4. The maximum absolute atomic E-state index is 6.07. The monoisotopic (exact) mass is 261 g/mol. The van der Waals surface area contributed by atoms with Crippen molar-refractivity contribution in [3.05, 3.63) is 59.1 Å². The first kappa shape index (κ1) is 12.9. The van der Waals surface area contributed by atoms with Crippen LogP contribution in [0.5, 0.6) is 11.5 Å². The quantitative estimate of drug-likeness (QED) is 0.880. The van der Waals surface area contributed by atoms with Crippen LogP contribution in [0.4, 0.5) is 0 Å². The van der Waals surface area contributed by atoms with Crippen molar-refractivity contribution in [1.29, 1.82) is 0 Å². The fraction of sp³-hybridized carbons (Fsp3) is 0.200. The average Bonchev–Trinajstić information content (AvgIpc) is 2.41. The number of halogens is 1. The van der Waals surface area contributed by atoms with Crippen LogP contribution >= 0.6 is 11.6 Å². The standard InChI is InChI=1S/C15H16ClNO/c1-11(17-2)12-6-5-7-13(10-12)18-15-9-4-3-8-14(15)16/h3-11,17H,1-2H3. The third-order valence-electron chi connectivity index (χ3n) is 2.86. The van der Waals surface area contributed by atoms with E-state index in [1.165, 1.54) is 5.56 Å². The Hall–Kier alpha value is -1.51. The molecule has 0 aliphatic carbocycles. The van der Waals surface area contributed by atoms with Crippen LogP contribution in [-0.2, 0) is 0 Å². The van der Waals surface area contributed by atoms with Gasteiger partial charge in [-0.1, -0.05) is 35.9 Å². The maximum Gasteiger partial charge on any atom is 0.146 e. The molecule has 0 heterocycles. The Kier molecular flexibility index (Phi) is 4.24. The van der Waals surface area contributed by atoms with Crippen molar-refractivity contribution in [3.8, 4) is 11.5 Å². The van der Waals surface area contributed by atoms with E-state index in [4.69, 9.17) is 16.3 Å². The number of hydrogen-bond acceptors (Lipinski definition) is 2. The summed E-state index contributed by atoms with van der Waals surface area (Å²) in [4.78, 5) is 0. The molecule has 1 atom stereocenters. The molecule has 3 heteroatoms. The normalized spacial score (nSPS) is 12.2. The Morgan fingerprint density at radius 3 is 2.61 bits per heavy atom. The topological polar surface area (TPSA) is 21.3 Å². The molecule has 94 valence electrons. The summed E-state index contributed by atoms with van der Waals surface area (Å²) >= 11 is 6.07. The summed E-state index contributed by atoms with van der Waals surface area (Å²) in [5.41, 5.74) is 1.18. The molecule has 0 aliphatic heterocycles. The number of benzene rings is 2. The second-order valence-electron chi connectivity index (χ2n) is 4.12. The summed E-state index contributed by atoms with van der Waals surface area (Å²) in [6.45, 7) is 2.11. The van der Waals surface area contributed by atoms with E-state index in [0.717, 1.165) is 5.75 Å². The minimum absolute atomic E-state index is 0.291. The number of para-hydroxylation sites is 1. The lowest BCUT2D eigenvalue weighted by Gasteiger charge is -2.13. The predicted molar refractivity (Wildman–Crippen MR) is 75.4 cm³/mol. The molecule has 2 aromatic rings. The van der Waals surface area contributed by atoms with Crippen molar-refractivity contribution in [2.45, 2.75) is 13.0 Å². The zero-order valence-corrected chi connectivity index (χ0v) is 11.2. The van der Waals surface area contributed by atoms with Crippen LogP contribution in [0.15, 0.2) is 48.5 Å². The number of nitrogens with one attached hydrogen (secondary N) is 1.